The number of aromatic nitrogens is 1. The zero-order chi connectivity index (χ0) is 24.4. The summed E-state index contributed by atoms with van der Waals surface area (Å²) in [6.07, 6.45) is 0.715. The van der Waals surface area contributed by atoms with Gasteiger partial charge in [-0.2, -0.15) is 10.0 Å². The second-order valence-electron chi connectivity index (χ2n) is 8.10. The minimum absolute atomic E-state index is 0.144. The van der Waals surface area contributed by atoms with Gasteiger partial charge in [-0.15, -0.1) is 0 Å². The molecule has 4 aromatic rings. The van der Waals surface area contributed by atoms with E-state index in [9.17, 15) is 9.59 Å². The normalized spacial score (nSPS) is 15.3. The van der Waals surface area contributed by atoms with Gasteiger partial charge in [-0.1, -0.05) is 42.5 Å². The van der Waals surface area contributed by atoms with Gasteiger partial charge in [-0.05, 0) is 41.0 Å². The molecule has 9 heteroatoms. The van der Waals surface area contributed by atoms with Gasteiger partial charge in [0, 0.05) is 13.3 Å². The summed E-state index contributed by atoms with van der Waals surface area (Å²) in [5.41, 5.74) is 4.36. The number of urea groups is 1. The number of amides is 3. The zero-order valence-electron chi connectivity index (χ0n) is 19.3. The van der Waals surface area contributed by atoms with Crippen molar-refractivity contribution in [3.05, 3.63) is 72.3 Å². The number of benzene rings is 3. The Balaban J connectivity index is 1.41. The topological polar surface area (TPSA) is 106 Å². The second kappa shape index (κ2) is 9.47. The van der Waals surface area contributed by atoms with Crippen LogP contribution < -0.4 is 15.4 Å². The first kappa shape index (κ1) is 22.4. The van der Waals surface area contributed by atoms with Crippen molar-refractivity contribution in [3.8, 4) is 16.9 Å². The van der Waals surface area contributed by atoms with Crippen LogP contribution in [0.25, 0.3) is 22.2 Å². The molecule has 9 nitrogen and oxygen atoms in total. The van der Waals surface area contributed by atoms with Crippen LogP contribution in [0.15, 0.2) is 71.1 Å². The lowest BCUT2D eigenvalue weighted by Crippen LogP contribution is -2.33. The van der Waals surface area contributed by atoms with Crippen LogP contribution in [0.5, 0.6) is 5.75 Å². The Morgan fingerprint density at radius 2 is 1.80 bits per heavy atom. The summed E-state index contributed by atoms with van der Waals surface area (Å²) in [6, 6.07) is 20.4. The van der Waals surface area contributed by atoms with Crippen molar-refractivity contribution < 1.29 is 23.6 Å². The number of oxazole rings is 1. The number of fused-ring (bicyclic) bond motifs is 1. The molecule has 0 aliphatic carbocycles. The first-order valence-electron chi connectivity index (χ1n) is 11.2. The Bertz CT molecular complexity index is 1390. The van der Waals surface area contributed by atoms with E-state index in [-0.39, 0.29) is 24.0 Å². The number of rotatable bonds is 5. The number of hydrogen-bond acceptors (Lipinski definition) is 6. The summed E-state index contributed by atoms with van der Waals surface area (Å²) in [6.45, 7) is 1.85. The first-order valence-corrected chi connectivity index (χ1v) is 11.2. The number of methoxy groups -OCH3 is 1. The third-order valence-electron chi connectivity index (χ3n) is 5.74. The molecule has 0 spiro atoms. The van der Waals surface area contributed by atoms with Gasteiger partial charge in [0.1, 0.15) is 11.3 Å². The molecule has 3 aromatic carbocycles. The van der Waals surface area contributed by atoms with Crippen LogP contribution in [0.1, 0.15) is 24.9 Å². The predicted molar refractivity (Wildman–Crippen MR) is 131 cm³/mol. The molecule has 1 saturated heterocycles. The van der Waals surface area contributed by atoms with Gasteiger partial charge < -0.3 is 14.5 Å². The van der Waals surface area contributed by atoms with Gasteiger partial charge in [0.2, 0.25) is 5.91 Å². The zero-order valence-corrected chi connectivity index (χ0v) is 19.3. The van der Waals surface area contributed by atoms with Gasteiger partial charge in [-0.3, -0.25) is 14.9 Å². The maximum absolute atomic E-state index is 13.2. The Hall–Kier alpha value is -4.37. The molecule has 1 unspecified atom stereocenters. The number of nitrogens with zero attached hydrogens (tertiary/aromatic N) is 2. The Morgan fingerprint density at radius 3 is 2.57 bits per heavy atom. The predicted octanol–water partition coefficient (Wildman–Crippen LogP) is 5.37. The summed E-state index contributed by atoms with van der Waals surface area (Å²) in [7, 11) is 1.55. The summed E-state index contributed by atoms with van der Waals surface area (Å²) >= 11 is 0. The van der Waals surface area contributed by atoms with E-state index in [1.165, 1.54) is 12.0 Å². The summed E-state index contributed by atoms with van der Waals surface area (Å²) in [5.74, 6) is 0.259. The van der Waals surface area contributed by atoms with E-state index in [0.29, 0.717) is 35.6 Å². The van der Waals surface area contributed by atoms with E-state index in [2.05, 4.69) is 15.6 Å². The number of carbonyl (C=O) groups is 2. The highest BCUT2D eigenvalue weighted by atomic mass is 16.7. The summed E-state index contributed by atoms with van der Waals surface area (Å²) in [4.78, 5) is 34.4. The molecule has 1 aromatic heterocycles. The van der Waals surface area contributed by atoms with Crippen molar-refractivity contribution in [3.63, 3.8) is 0 Å². The number of ether oxygens (including phenoxy) is 1. The van der Waals surface area contributed by atoms with Crippen molar-refractivity contribution in [2.75, 3.05) is 24.4 Å². The molecule has 1 fully saturated rings. The fourth-order valence-corrected chi connectivity index (χ4v) is 4.11. The molecule has 1 atom stereocenters. The summed E-state index contributed by atoms with van der Waals surface area (Å²) < 4.78 is 11.1. The van der Waals surface area contributed by atoms with Crippen LogP contribution >= 0.6 is 0 Å². The van der Waals surface area contributed by atoms with Gasteiger partial charge in [0.25, 0.3) is 0 Å². The van der Waals surface area contributed by atoms with Gasteiger partial charge in [-0.25, -0.2) is 4.79 Å². The summed E-state index contributed by atoms with van der Waals surface area (Å²) in [5, 5.41) is 6.85. The lowest BCUT2D eigenvalue weighted by molar-refractivity contribution is -0.114. The smallest absolute Gasteiger partial charge is 0.346 e. The van der Waals surface area contributed by atoms with Crippen LogP contribution in [0.2, 0.25) is 0 Å². The highest BCUT2D eigenvalue weighted by molar-refractivity contribution is 5.93. The fourth-order valence-electron chi connectivity index (χ4n) is 4.11. The average molecular weight is 473 g/mol. The van der Waals surface area contributed by atoms with Gasteiger partial charge >= 0.3 is 12.0 Å². The van der Waals surface area contributed by atoms with Crippen LogP contribution in [-0.2, 0) is 9.63 Å². The number of carbonyl (C=O) groups excluding carboxylic acids is 2. The molecular formula is C26H24N4O5. The highest BCUT2D eigenvalue weighted by Crippen LogP contribution is 2.35. The van der Waals surface area contributed by atoms with E-state index in [4.69, 9.17) is 14.0 Å². The number of hydrogen-bond donors (Lipinski definition) is 2. The molecule has 0 saturated carbocycles. The van der Waals surface area contributed by atoms with Crippen molar-refractivity contribution in [2.45, 2.75) is 19.4 Å². The maximum Gasteiger partial charge on any atom is 0.346 e. The lowest BCUT2D eigenvalue weighted by atomic mass is 10.0. The maximum atomic E-state index is 13.2. The van der Waals surface area contributed by atoms with Gasteiger partial charge in [0.15, 0.2) is 5.58 Å². The number of hydroxylamine groups is 2. The van der Waals surface area contributed by atoms with Gasteiger partial charge in [0.05, 0.1) is 25.4 Å². The lowest BCUT2D eigenvalue weighted by Gasteiger charge is -2.23. The van der Waals surface area contributed by atoms with E-state index >= 15 is 0 Å². The number of nitrogens with one attached hydrogen (secondary N) is 2. The highest BCUT2D eigenvalue weighted by Gasteiger charge is 2.32. The third kappa shape index (κ3) is 4.67. The van der Waals surface area contributed by atoms with Crippen LogP contribution in [-0.4, -0.2) is 35.7 Å². The molecule has 1 aliphatic rings. The van der Waals surface area contributed by atoms with Crippen LogP contribution in [0.3, 0.4) is 0 Å². The van der Waals surface area contributed by atoms with Crippen molar-refractivity contribution in [1.82, 2.24) is 10.0 Å². The molecule has 2 N–H and O–H groups in total. The minimum atomic E-state index is -0.377. The second-order valence-corrected chi connectivity index (χ2v) is 8.10. The Morgan fingerprint density at radius 1 is 1.03 bits per heavy atom. The van der Waals surface area contributed by atoms with E-state index < -0.39 is 0 Å². The number of anilines is 2. The molecule has 3 amide bonds. The molecular weight excluding hydrogens is 448 g/mol. The molecule has 0 radical (unpaired) electrons. The first-order chi connectivity index (χ1) is 17.0. The Labute approximate surface area is 201 Å². The molecule has 5 rings (SSSR count). The molecule has 0 bridgehead atoms. The van der Waals surface area contributed by atoms with Crippen LogP contribution in [0, 0.1) is 0 Å². The van der Waals surface area contributed by atoms with Crippen molar-refractivity contribution >= 4 is 34.7 Å². The molecule has 35 heavy (non-hydrogen) atoms. The quantitative estimate of drug-likeness (QED) is 0.404. The van der Waals surface area contributed by atoms with E-state index in [0.717, 1.165) is 16.7 Å². The standard InChI is InChI=1S/C26H24N4O5/c1-16(31)27-25-28-20-10-8-19(15-24(20)35-25)18-9-11-23(33-2)21(14-18)29-26(32)30-22(12-13-34-30)17-6-4-3-5-7-17/h3-11,14-15,22H,12-13H2,1-2H3,(H,29,32)(H,27,28,31). The third-order valence-corrected chi connectivity index (χ3v) is 5.74. The van der Waals surface area contributed by atoms with Crippen molar-refractivity contribution in [1.29, 1.82) is 0 Å². The Kier molecular flexibility index (Phi) is 6.07. The molecule has 2 heterocycles. The van der Waals surface area contributed by atoms with Crippen molar-refractivity contribution in [2.24, 2.45) is 0 Å². The monoisotopic (exact) mass is 472 g/mol. The van der Waals surface area contributed by atoms with Crippen LogP contribution in [0.4, 0.5) is 16.5 Å². The van der Waals surface area contributed by atoms with E-state index in [1.807, 2.05) is 60.7 Å². The molecule has 178 valence electrons. The minimum Gasteiger partial charge on any atom is -0.495 e. The SMILES string of the molecule is COc1ccc(-c2ccc3nc(NC(C)=O)oc3c2)cc1NC(=O)N1OCCC1c1ccccc1. The van der Waals surface area contributed by atoms with E-state index in [1.54, 1.807) is 13.2 Å². The largest absolute Gasteiger partial charge is 0.495 e. The fraction of sp³-hybridized carbons (Fsp3) is 0.192. The molecule has 1 aliphatic heterocycles. The average Bonchev–Trinajstić information content (AvgIpc) is 3.50.